The molecule has 0 spiro atoms. The molecule has 12 heteroatoms. The molecule has 3 heterocycles. The molecule has 3 aromatic rings. The van der Waals surface area contributed by atoms with Gasteiger partial charge in [-0.1, -0.05) is 19.1 Å². The van der Waals surface area contributed by atoms with E-state index in [0.717, 1.165) is 12.8 Å². The maximum absolute atomic E-state index is 13.5. The van der Waals surface area contributed by atoms with Gasteiger partial charge in [-0.25, -0.2) is 0 Å². The first-order chi connectivity index (χ1) is 21.2. The molecule has 0 saturated heterocycles. The second-order valence-corrected chi connectivity index (χ2v) is 11.3. The molecule has 3 fully saturated rings. The van der Waals surface area contributed by atoms with Crippen molar-refractivity contribution in [3.63, 3.8) is 0 Å². The molecular weight excluding hydrogens is 562 g/mol. The third kappa shape index (κ3) is 6.43. The van der Waals surface area contributed by atoms with Crippen LogP contribution in [0, 0.1) is 11.8 Å². The average Bonchev–Trinajstić information content (AvgIpc) is 3.01. The standard InChI is InChI=1S/C32H35N7O5/c1-3-12-34-26(40)9-5-4-7-24(36-30(43)28-23-11-13-33-18-21(23)10-14-35-28)29(42)37-25-8-6-15-39(31(25)44)19-27(41)38-32-16-22(17-32)20(32)2/h3,5-6,8-11,13-15,18,20,22,24H,1,4,7,12,16-17,19H2,2H3,(H,34,40)(H,36,43)(H,37,42)(H,38,41)/b9-5+/t20-,22?,24-,32?/m0/s1. The molecular formula is C32H35N7O5. The Morgan fingerprint density at radius 2 is 2.00 bits per heavy atom. The van der Waals surface area contributed by atoms with E-state index in [4.69, 9.17) is 0 Å². The second kappa shape index (κ2) is 13.0. The second-order valence-electron chi connectivity index (χ2n) is 11.3. The Balaban J connectivity index is 1.29. The zero-order valence-corrected chi connectivity index (χ0v) is 24.4. The zero-order chi connectivity index (χ0) is 31.3. The maximum atomic E-state index is 13.5. The number of nitrogens with one attached hydrogen (secondary N) is 4. The summed E-state index contributed by atoms with van der Waals surface area (Å²) in [5, 5.41) is 12.3. The molecule has 0 unspecified atom stereocenters. The van der Waals surface area contributed by atoms with Crippen molar-refractivity contribution < 1.29 is 19.2 Å². The van der Waals surface area contributed by atoms with E-state index < -0.39 is 23.4 Å². The number of carbonyl (C=O) groups is 4. The van der Waals surface area contributed by atoms with Gasteiger partial charge in [0, 0.05) is 47.6 Å². The number of amides is 4. The number of hydrogen-bond donors (Lipinski definition) is 4. The van der Waals surface area contributed by atoms with Gasteiger partial charge in [-0.3, -0.25) is 33.9 Å². The van der Waals surface area contributed by atoms with Crippen LogP contribution in [-0.2, 0) is 20.9 Å². The van der Waals surface area contributed by atoms with Crippen molar-refractivity contribution in [3.05, 3.63) is 89.9 Å². The van der Waals surface area contributed by atoms with Crippen LogP contribution >= 0.6 is 0 Å². The smallest absolute Gasteiger partial charge is 0.274 e. The normalized spacial score (nSPS) is 20.6. The fourth-order valence-corrected chi connectivity index (χ4v) is 5.77. The lowest BCUT2D eigenvalue weighted by Gasteiger charge is -2.67. The molecule has 2 bridgehead atoms. The number of carbonyl (C=O) groups excluding carboxylic acids is 4. The van der Waals surface area contributed by atoms with Crippen LogP contribution in [0.1, 0.15) is 43.1 Å². The molecule has 6 rings (SSSR count). The van der Waals surface area contributed by atoms with E-state index in [1.807, 2.05) is 0 Å². The molecule has 2 atom stereocenters. The minimum Gasteiger partial charge on any atom is -0.349 e. The highest BCUT2D eigenvalue weighted by molar-refractivity contribution is 6.07. The Hall–Kier alpha value is -5.13. The molecule has 44 heavy (non-hydrogen) atoms. The zero-order valence-electron chi connectivity index (χ0n) is 24.4. The Morgan fingerprint density at radius 3 is 2.73 bits per heavy atom. The number of allylic oxidation sites excluding steroid dienone is 1. The summed E-state index contributed by atoms with van der Waals surface area (Å²) in [6.07, 6.45) is 12.9. The number of nitrogens with zero attached hydrogens (tertiary/aromatic N) is 3. The molecule has 228 valence electrons. The van der Waals surface area contributed by atoms with Crippen molar-refractivity contribution in [1.29, 1.82) is 0 Å². The van der Waals surface area contributed by atoms with Gasteiger partial charge in [0.15, 0.2) is 0 Å². The van der Waals surface area contributed by atoms with E-state index >= 15 is 0 Å². The summed E-state index contributed by atoms with van der Waals surface area (Å²) in [7, 11) is 0. The minimum absolute atomic E-state index is 0.0304. The largest absolute Gasteiger partial charge is 0.349 e. The third-order valence-electron chi connectivity index (χ3n) is 8.53. The van der Waals surface area contributed by atoms with Gasteiger partial charge in [0.25, 0.3) is 11.5 Å². The van der Waals surface area contributed by atoms with Gasteiger partial charge in [0.05, 0.1) is 0 Å². The Kier molecular flexibility index (Phi) is 8.98. The van der Waals surface area contributed by atoms with Gasteiger partial charge < -0.3 is 25.8 Å². The lowest BCUT2D eigenvalue weighted by atomic mass is 9.43. The predicted octanol–water partition coefficient (Wildman–Crippen LogP) is 2.08. The Morgan fingerprint density at radius 1 is 1.18 bits per heavy atom. The van der Waals surface area contributed by atoms with E-state index in [2.05, 4.69) is 44.7 Å². The number of anilines is 1. The van der Waals surface area contributed by atoms with Gasteiger partial charge >= 0.3 is 0 Å². The molecule has 4 amide bonds. The maximum Gasteiger partial charge on any atom is 0.274 e. The number of pyridine rings is 3. The van der Waals surface area contributed by atoms with Gasteiger partial charge in [-0.15, -0.1) is 6.58 Å². The first kappa shape index (κ1) is 30.3. The fraction of sp³-hybridized carbons (Fsp3) is 0.344. The Bertz CT molecular complexity index is 1690. The molecule has 0 aromatic carbocycles. The molecule has 3 aromatic heterocycles. The monoisotopic (exact) mass is 597 g/mol. The summed E-state index contributed by atoms with van der Waals surface area (Å²) in [5.41, 5.74) is -0.613. The van der Waals surface area contributed by atoms with E-state index in [1.165, 1.54) is 29.1 Å². The van der Waals surface area contributed by atoms with Crippen LogP contribution in [0.2, 0.25) is 0 Å². The van der Waals surface area contributed by atoms with E-state index in [9.17, 15) is 24.0 Å². The number of hydrogen-bond acceptors (Lipinski definition) is 7. The summed E-state index contributed by atoms with van der Waals surface area (Å²) in [6, 6.07) is 5.32. The first-order valence-corrected chi connectivity index (χ1v) is 14.6. The lowest BCUT2D eigenvalue weighted by molar-refractivity contribution is -0.151. The summed E-state index contributed by atoms with van der Waals surface area (Å²) in [4.78, 5) is 72.9. The molecule has 3 saturated carbocycles. The highest BCUT2D eigenvalue weighted by Gasteiger charge is 2.63. The van der Waals surface area contributed by atoms with Crippen LogP contribution in [0.3, 0.4) is 0 Å². The van der Waals surface area contributed by atoms with Crippen LogP contribution in [0.4, 0.5) is 5.69 Å². The van der Waals surface area contributed by atoms with Gasteiger partial charge in [-0.05, 0) is 67.9 Å². The van der Waals surface area contributed by atoms with Gasteiger partial charge in [0.1, 0.15) is 24.0 Å². The van der Waals surface area contributed by atoms with Crippen LogP contribution in [0.15, 0.2) is 78.7 Å². The van der Waals surface area contributed by atoms with Gasteiger partial charge in [0.2, 0.25) is 17.7 Å². The molecule has 0 aliphatic heterocycles. The molecule has 3 aliphatic rings. The topological polar surface area (TPSA) is 164 Å². The highest BCUT2D eigenvalue weighted by atomic mass is 16.2. The predicted molar refractivity (Wildman–Crippen MR) is 164 cm³/mol. The molecule has 12 nitrogen and oxygen atoms in total. The van der Waals surface area contributed by atoms with E-state index in [-0.39, 0.29) is 48.1 Å². The van der Waals surface area contributed by atoms with Crippen molar-refractivity contribution in [1.82, 2.24) is 30.5 Å². The first-order valence-electron chi connectivity index (χ1n) is 14.6. The molecule has 0 radical (unpaired) electrons. The van der Waals surface area contributed by atoms with Crippen molar-refractivity contribution >= 4 is 40.1 Å². The number of aromatic nitrogens is 3. The number of fused-ring (bicyclic) bond motifs is 1. The summed E-state index contributed by atoms with van der Waals surface area (Å²) in [6.45, 7) is 5.81. The van der Waals surface area contributed by atoms with Crippen LogP contribution < -0.4 is 26.8 Å². The van der Waals surface area contributed by atoms with Crippen LogP contribution in [-0.4, -0.2) is 56.3 Å². The summed E-state index contributed by atoms with van der Waals surface area (Å²) in [5.74, 6) is -0.680. The van der Waals surface area contributed by atoms with Gasteiger partial charge in [-0.2, -0.15) is 0 Å². The van der Waals surface area contributed by atoms with E-state index in [1.54, 1.807) is 42.7 Å². The van der Waals surface area contributed by atoms with Crippen molar-refractivity contribution in [3.8, 4) is 0 Å². The summed E-state index contributed by atoms with van der Waals surface area (Å²) >= 11 is 0. The lowest BCUT2D eigenvalue weighted by Crippen LogP contribution is -2.74. The Labute approximate surface area is 254 Å². The number of rotatable bonds is 13. The fourth-order valence-electron chi connectivity index (χ4n) is 5.77. The average molecular weight is 598 g/mol. The van der Waals surface area contributed by atoms with Crippen molar-refractivity contribution in [2.75, 3.05) is 11.9 Å². The summed E-state index contributed by atoms with van der Waals surface area (Å²) < 4.78 is 1.24. The molecule has 4 N–H and O–H groups in total. The van der Waals surface area contributed by atoms with Crippen LogP contribution in [0.25, 0.3) is 10.8 Å². The highest BCUT2D eigenvalue weighted by Crippen LogP contribution is 2.61. The minimum atomic E-state index is -1.08. The quantitative estimate of drug-likeness (QED) is 0.173. The van der Waals surface area contributed by atoms with Crippen LogP contribution in [0.5, 0.6) is 0 Å². The van der Waals surface area contributed by atoms with Crippen molar-refractivity contribution in [2.45, 2.75) is 50.7 Å². The van der Waals surface area contributed by atoms with E-state index in [0.29, 0.717) is 29.2 Å². The molecule has 3 aliphatic carbocycles. The third-order valence-corrected chi connectivity index (χ3v) is 8.53. The SMILES string of the molecule is C=CCNC(=O)/C=C/CC[C@H](NC(=O)c1nccc2cnccc12)C(=O)Nc1cccn(CC(=O)NC23CC(C2)[C@@H]3C)c1=O. The van der Waals surface area contributed by atoms with Crippen molar-refractivity contribution in [2.24, 2.45) is 11.8 Å².